The highest BCUT2D eigenvalue weighted by Crippen LogP contribution is 2.36. The number of carboxylic acids is 1. The molecule has 0 saturated carbocycles. The topological polar surface area (TPSA) is 45.1 Å². The van der Waals surface area contributed by atoms with Crippen molar-refractivity contribution in [3.8, 4) is 27.9 Å². The summed E-state index contributed by atoms with van der Waals surface area (Å²) in [6, 6.07) is 30.9. The van der Waals surface area contributed by atoms with Gasteiger partial charge in [-0.1, -0.05) is 36.4 Å². The van der Waals surface area contributed by atoms with Gasteiger partial charge in [0.25, 0.3) is 0 Å². The van der Waals surface area contributed by atoms with Crippen molar-refractivity contribution in [2.75, 3.05) is 0 Å². The van der Waals surface area contributed by atoms with Crippen molar-refractivity contribution < 1.29 is 19.0 Å². The molecule has 168 valence electrons. The van der Waals surface area contributed by atoms with Gasteiger partial charge in [-0.3, -0.25) is 0 Å². The van der Waals surface area contributed by atoms with E-state index in [0.29, 0.717) is 12.1 Å². The van der Waals surface area contributed by atoms with Crippen LogP contribution in [0.15, 0.2) is 116 Å². The van der Waals surface area contributed by atoms with Gasteiger partial charge in [-0.15, -0.1) is 0 Å². The van der Waals surface area contributed by atoms with Crippen LogP contribution >= 0.6 is 0 Å². The summed E-state index contributed by atoms with van der Waals surface area (Å²) < 4.78 is 4.25. The van der Waals surface area contributed by atoms with Crippen molar-refractivity contribution in [1.29, 1.82) is 0 Å². The predicted octanol–water partition coefficient (Wildman–Crippen LogP) is 5.24. The lowest BCUT2D eigenvalue weighted by Gasteiger charge is -2.04. The highest BCUT2D eigenvalue weighted by atomic mass is 16.4. The zero-order valence-corrected chi connectivity index (χ0v) is 19.1. The molecular formula is C31H24N2O2+2. The Morgan fingerprint density at radius 1 is 0.714 bits per heavy atom. The van der Waals surface area contributed by atoms with Crippen LogP contribution in [-0.2, 0) is 13.0 Å². The zero-order chi connectivity index (χ0) is 23.8. The Labute approximate surface area is 204 Å². The third kappa shape index (κ3) is 4.11. The minimum Gasteiger partial charge on any atom is -0.478 e. The van der Waals surface area contributed by atoms with E-state index in [0.717, 1.165) is 23.1 Å². The Bertz CT molecular complexity index is 1540. The van der Waals surface area contributed by atoms with Crippen LogP contribution in [-0.4, -0.2) is 11.1 Å². The number of hydrogen-bond donors (Lipinski definition) is 1. The van der Waals surface area contributed by atoms with Crippen LogP contribution in [0.25, 0.3) is 27.9 Å². The van der Waals surface area contributed by atoms with Gasteiger partial charge in [0.05, 0.1) is 5.56 Å². The van der Waals surface area contributed by atoms with Crippen molar-refractivity contribution >= 4 is 5.97 Å². The molecule has 4 nitrogen and oxygen atoms in total. The molecule has 0 atom stereocenters. The van der Waals surface area contributed by atoms with Gasteiger partial charge >= 0.3 is 5.97 Å². The molecule has 2 aromatic heterocycles. The van der Waals surface area contributed by atoms with Crippen LogP contribution in [0.3, 0.4) is 0 Å². The van der Waals surface area contributed by atoms with Crippen LogP contribution in [0.2, 0.25) is 0 Å². The van der Waals surface area contributed by atoms with E-state index in [1.807, 2.05) is 12.1 Å². The summed E-state index contributed by atoms with van der Waals surface area (Å²) in [4.78, 5) is 11.0. The molecule has 6 rings (SSSR count). The number of carboxylic acid groups (broad SMARTS) is 1. The number of aromatic nitrogens is 2. The molecule has 0 radical (unpaired) electrons. The second-order valence-electron chi connectivity index (χ2n) is 8.93. The maximum atomic E-state index is 11.0. The average molecular weight is 457 g/mol. The fourth-order valence-corrected chi connectivity index (χ4v) is 4.80. The largest absolute Gasteiger partial charge is 0.478 e. The van der Waals surface area contributed by atoms with Crippen molar-refractivity contribution in [3.05, 3.63) is 138 Å². The molecule has 0 amide bonds. The SMILES string of the molecule is O=C(O)c1ccc(C[n+]2ccc(-c3cc[n+](-c4ccc5c(c4)Cc4ccccc4-5)cc3)cc2)cc1. The lowest BCUT2D eigenvalue weighted by Crippen LogP contribution is -2.33. The molecule has 0 spiro atoms. The predicted molar refractivity (Wildman–Crippen MR) is 134 cm³/mol. The second-order valence-corrected chi connectivity index (χ2v) is 8.93. The average Bonchev–Trinajstić information content (AvgIpc) is 3.27. The number of pyridine rings is 2. The molecule has 0 aliphatic heterocycles. The molecule has 0 fully saturated rings. The molecule has 1 N–H and O–H groups in total. The molecular weight excluding hydrogens is 432 g/mol. The molecule has 2 heterocycles. The molecule has 35 heavy (non-hydrogen) atoms. The van der Waals surface area contributed by atoms with Crippen LogP contribution in [0.1, 0.15) is 27.0 Å². The summed E-state index contributed by atoms with van der Waals surface area (Å²) in [5, 5.41) is 9.05. The number of carbonyl (C=O) groups is 1. The van der Waals surface area contributed by atoms with Crippen molar-refractivity contribution in [2.24, 2.45) is 0 Å². The molecule has 1 aliphatic carbocycles. The Kier molecular flexibility index (Phi) is 5.19. The van der Waals surface area contributed by atoms with E-state index >= 15 is 0 Å². The van der Waals surface area contributed by atoms with Gasteiger partial charge in [-0.25, -0.2) is 9.36 Å². The normalized spacial score (nSPS) is 11.7. The first kappa shape index (κ1) is 21.0. The lowest BCUT2D eigenvalue weighted by molar-refractivity contribution is -0.688. The molecule has 0 unspecified atom stereocenters. The molecule has 0 saturated heterocycles. The fraction of sp³-hybridized carbons (Fsp3) is 0.0645. The maximum absolute atomic E-state index is 11.0. The molecule has 5 aromatic rings. The second kappa shape index (κ2) is 8.65. The lowest BCUT2D eigenvalue weighted by atomic mass is 10.1. The summed E-state index contributed by atoms with van der Waals surface area (Å²) in [5.74, 6) is -0.903. The van der Waals surface area contributed by atoms with Crippen molar-refractivity contribution in [3.63, 3.8) is 0 Å². The fourth-order valence-electron chi connectivity index (χ4n) is 4.80. The van der Waals surface area contributed by atoms with E-state index in [1.165, 1.54) is 27.9 Å². The summed E-state index contributed by atoms with van der Waals surface area (Å²) >= 11 is 0. The minimum atomic E-state index is -0.903. The highest BCUT2D eigenvalue weighted by molar-refractivity contribution is 5.87. The van der Waals surface area contributed by atoms with Crippen LogP contribution in [0.4, 0.5) is 0 Å². The molecule has 1 aliphatic rings. The van der Waals surface area contributed by atoms with Crippen molar-refractivity contribution in [2.45, 2.75) is 13.0 Å². The Morgan fingerprint density at radius 3 is 2.09 bits per heavy atom. The first-order chi connectivity index (χ1) is 17.1. The van der Waals surface area contributed by atoms with E-state index in [2.05, 4.69) is 101 Å². The van der Waals surface area contributed by atoms with E-state index in [4.69, 9.17) is 5.11 Å². The van der Waals surface area contributed by atoms with Gasteiger partial charge in [-0.05, 0) is 58.0 Å². The van der Waals surface area contributed by atoms with Gasteiger partial charge in [0, 0.05) is 42.0 Å². The standard InChI is InChI=1S/C31H23N2O2/c34-31(35)25-7-5-22(6-8-25)21-32-15-11-23(12-16-32)24-13-17-33(18-14-24)28-9-10-30-27(20-28)19-26-3-1-2-4-29(26)30/h1-18,20H,19,21H2/q+1/p+1. The van der Waals surface area contributed by atoms with E-state index in [9.17, 15) is 4.79 Å². The number of nitrogens with zero attached hydrogens (tertiary/aromatic N) is 2. The number of aromatic carboxylic acids is 1. The highest BCUT2D eigenvalue weighted by Gasteiger charge is 2.20. The van der Waals surface area contributed by atoms with Gasteiger partial charge in [0.15, 0.2) is 31.3 Å². The van der Waals surface area contributed by atoms with E-state index in [-0.39, 0.29) is 0 Å². The van der Waals surface area contributed by atoms with Crippen LogP contribution in [0.5, 0.6) is 0 Å². The summed E-state index contributed by atoms with van der Waals surface area (Å²) in [5.41, 5.74) is 10.3. The molecule has 4 heteroatoms. The summed E-state index contributed by atoms with van der Waals surface area (Å²) in [7, 11) is 0. The zero-order valence-electron chi connectivity index (χ0n) is 19.1. The van der Waals surface area contributed by atoms with E-state index < -0.39 is 5.97 Å². The van der Waals surface area contributed by atoms with Gasteiger partial charge in [0.1, 0.15) is 0 Å². The number of fused-ring (bicyclic) bond motifs is 3. The summed E-state index contributed by atoms with van der Waals surface area (Å²) in [6.07, 6.45) is 9.33. The molecule has 0 bridgehead atoms. The monoisotopic (exact) mass is 456 g/mol. The summed E-state index contributed by atoms with van der Waals surface area (Å²) in [6.45, 7) is 0.692. The van der Waals surface area contributed by atoms with Crippen LogP contribution < -0.4 is 9.13 Å². The van der Waals surface area contributed by atoms with Gasteiger partial charge < -0.3 is 5.11 Å². The number of hydrogen-bond acceptors (Lipinski definition) is 1. The van der Waals surface area contributed by atoms with Crippen LogP contribution in [0, 0.1) is 0 Å². The third-order valence-corrected chi connectivity index (χ3v) is 6.70. The van der Waals surface area contributed by atoms with Gasteiger partial charge in [-0.2, -0.15) is 4.57 Å². The van der Waals surface area contributed by atoms with E-state index in [1.54, 1.807) is 12.1 Å². The Balaban J connectivity index is 1.17. The number of rotatable bonds is 5. The van der Waals surface area contributed by atoms with Gasteiger partial charge in [0.2, 0.25) is 5.69 Å². The Morgan fingerprint density at radius 2 is 1.37 bits per heavy atom. The first-order valence-corrected chi connectivity index (χ1v) is 11.7. The molecule has 3 aromatic carbocycles. The quantitative estimate of drug-likeness (QED) is 0.361. The maximum Gasteiger partial charge on any atom is 0.335 e. The smallest absolute Gasteiger partial charge is 0.335 e. The first-order valence-electron chi connectivity index (χ1n) is 11.7. The Hall–Kier alpha value is -4.57. The van der Waals surface area contributed by atoms with Crippen molar-refractivity contribution in [1.82, 2.24) is 0 Å². The number of benzene rings is 3. The minimum absolute atomic E-state index is 0.306. The third-order valence-electron chi connectivity index (χ3n) is 6.70.